The molecule has 0 nitrogen and oxygen atoms in total. The monoisotopic (exact) mass is 340 g/mol. The molecule has 0 aromatic carbocycles. The van der Waals surface area contributed by atoms with E-state index in [-0.39, 0.29) is 0 Å². The van der Waals surface area contributed by atoms with Crippen LogP contribution in [-0.4, -0.2) is 0 Å². The second-order valence-corrected chi connectivity index (χ2v) is 13.4. The fourth-order valence-corrected chi connectivity index (χ4v) is 13.6. The van der Waals surface area contributed by atoms with Gasteiger partial charge in [-0.2, -0.15) is 0 Å². The maximum atomic E-state index is 2.20. The lowest BCUT2D eigenvalue weighted by molar-refractivity contribution is 0.137. The maximum Gasteiger partial charge on any atom is 0.00204 e. The van der Waals surface area contributed by atoms with E-state index in [1.54, 1.807) is 64.2 Å². The molecule has 15 aliphatic carbocycles. The van der Waals surface area contributed by atoms with Crippen LogP contribution in [0.5, 0.6) is 0 Å². The molecule has 15 aliphatic rings. The van der Waals surface area contributed by atoms with Crippen LogP contribution in [0, 0.1) is 69.0 Å². The summed E-state index contributed by atoms with van der Waals surface area (Å²) in [7, 11) is 0. The van der Waals surface area contributed by atoms with Crippen molar-refractivity contribution in [3.63, 3.8) is 0 Å². The van der Waals surface area contributed by atoms with E-state index in [0.29, 0.717) is 0 Å². The van der Waals surface area contributed by atoms with E-state index < -0.39 is 0 Å². The van der Waals surface area contributed by atoms with Crippen molar-refractivity contribution in [3.8, 4) is 0 Å². The van der Waals surface area contributed by atoms with Crippen molar-refractivity contribution in [2.24, 2.45) is 69.0 Å². The minimum Gasteiger partial charge on any atom is -0.0562 e. The molecule has 4 spiro atoms. The molecule has 0 aliphatic heterocycles. The first-order valence-corrected chi connectivity index (χ1v) is 12.3. The molecule has 26 heavy (non-hydrogen) atoms. The molecule has 14 fully saturated rings. The summed E-state index contributed by atoms with van der Waals surface area (Å²) in [6.45, 7) is 0. The van der Waals surface area contributed by atoms with Gasteiger partial charge in [0.15, 0.2) is 0 Å². The molecule has 15 rings (SSSR count). The Labute approximate surface area is 155 Å². The zero-order valence-corrected chi connectivity index (χ0v) is 15.7. The highest BCUT2D eigenvalue weighted by Gasteiger charge is 3.01. The molecule has 132 valence electrons. The minimum absolute atomic E-state index is 0.799. The molecular weight excluding hydrogens is 312 g/mol. The Morgan fingerprint density at radius 2 is 0.923 bits per heavy atom. The Bertz CT molecular complexity index is 896. The Hall–Kier alpha value is -0.520. The average molecular weight is 341 g/mol. The molecule has 0 N–H and O–H groups in total. The van der Waals surface area contributed by atoms with Crippen LogP contribution in [0.4, 0.5) is 0 Å². The van der Waals surface area contributed by atoms with Gasteiger partial charge in [0.1, 0.15) is 0 Å². The van der Waals surface area contributed by atoms with Crippen molar-refractivity contribution >= 4 is 0 Å². The number of rotatable bonds is 0. The van der Waals surface area contributed by atoms with Crippen LogP contribution >= 0.6 is 0 Å². The molecule has 0 radical (unpaired) electrons. The zero-order valence-electron chi connectivity index (χ0n) is 15.7. The summed E-state index contributed by atoms with van der Waals surface area (Å²) in [6.07, 6.45) is 16.5. The first-order chi connectivity index (χ1) is 12.8. The predicted octanol–water partition coefficient (Wildman–Crippen LogP) is 5.51. The zero-order chi connectivity index (χ0) is 16.0. The van der Waals surface area contributed by atoms with Gasteiger partial charge in [0, 0.05) is 10.8 Å². The van der Waals surface area contributed by atoms with Crippen molar-refractivity contribution in [2.75, 3.05) is 0 Å². The van der Waals surface area contributed by atoms with Crippen LogP contribution in [0.3, 0.4) is 0 Å². The summed E-state index contributed by atoms with van der Waals surface area (Å²) < 4.78 is 0. The van der Waals surface area contributed by atoms with Crippen molar-refractivity contribution in [1.29, 1.82) is 0 Å². The maximum absolute atomic E-state index is 2.20. The highest BCUT2D eigenvalue weighted by Crippen LogP contribution is 3.07. The molecule has 0 amide bonds. The summed E-state index contributed by atoms with van der Waals surface area (Å²) in [4.78, 5) is 0. The van der Waals surface area contributed by atoms with Crippen molar-refractivity contribution in [1.82, 2.24) is 0 Å². The summed E-state index contributed by atoms with van der Waals surface area (Å²) in [5.41, 5.74) is 12.0. The van der Waals surface area contributed by atoms with Gasteiger partial charge < -0.3 is 0 Å². The third-order valence-electron chi connectivity index (χ3n) is 14.1. The van der Waals surface area contributed by atoms with Crippen LogP contribution < -0.4 is 0 Å². The van der Waals surface area contributed by atoms with Gasteiger partial charge in [0.25, 0.3) is 0 Å². The quantitative estimate of drug-likeness (QED) is 0.546. The summed E-state index contributed by atoms with van der Waals surface area (Å²) in [5, 5.41) is 0. The smallest absolute Gasteiger partial charge is 0.00204 e. The summed E-state index contributed by atoms with van der Waals surface area (Å²) in [6, 6.07) is 0. The van der Waals surface area contributed by atoms with E-state index in [4.69, 9.17) is 0 Å². The topological polar surface area (TPSA) is 0 Å². The van der Waals surface area contributed by atoms with Crippen LogP contribution in [0.15, 0.2) is 22.3 Å². The first-order valence-electron chi connectivity index (χ1n) is 12.3. The summed E-state index contributed by atoms with van der Waals surface area (Å²) in [5.74, 6) is 8.90. The lowest BCUT2D eigenvalue weighted by Gasteiger charge is -2.36. The molecule has 4 atom stereocenters. The van der Waals surface area contributed by atoms with Crippen molar-refractivity contribution in [2.45, 2.75) is 64.2 Å². The van der Waals surface area contributed by atoms with E-state index in [0.717, 1.165) is 57.2 Å². The van der Waals surface area contributed by atoms with E-state index >= 15 is 0 Å². The van der Waals surface area contributed by atoms with Gasteiger partial charge in [0.2, 0.25) is 0 Å². The fourth-order valence-electron chi connectivity index (χ4n) is 13.6. The molecule has 0 heteroatoms. The standard InChI is InChI=1S/C26H28/c1-11-2-12(1)20-19(11)21-13-3-15(4-13)23(21)9-25(23)17-7-18(8-17)26(25)10-24(26)16-5-14(6-16)22(20)24/h11-18H,1-10H2/b21-19-,22-20-. The summed E-state index contributed by atoms with van der Waals surface area (Å²) >= 11 is 0. The lowest BCUT2D eigenvalue weighted by atomic mass is 9.67. The van der Waals surface area contributed by atoms with Crippen LogP contribution in [0.2, 0.25) is 0 Å². The molecule has 0 heterocycles. The van der Waals surface area contributed by atoms with Gasteiger partial charge in [-0.15, -0.1) is 0 Å². The normalized spacial score (nSPS) is 83.1. The van der Waals surface area contributed by atoms with Gasteiger partial charge in [-0.25, -0.2) is 0 Å². The Kier molecular flexibility index (Phi) is 1.30. The minimum atomic E-state index is 0.799. The molecule has 0 aromatic rings. The molecule has 0 aromatic heterocycles. The van der Waals surface area contributed by atoms with E-state index in [2.05, 4.69) is 22.3 Å². The fraction of sp³-hybridized carbons (Fsp3) is 0.846. The number of allylic oxidation sites excluding steroid dienone is 4. The van der Waals surface area contributed by atoms with Gasteiger partial charge >= 0.3 is 0 Å². The van der Waals surface area contributed by atoms with E-state index in [1.807, 2.05) is 0 Å². The van der Waals surface area contributed by atoms with Crippen molar-refractivity contribution < 1.29 is 0 Å². The Morgan fingerprint density at radius 3 is 1.38 bits per heavy atom. The number of hydrogen-bond donors (Lipinski definition) is 0. The predicted molar refractivity (Wildman–Crippen MR) is 97.9 cm³/mol. The highest BCUT2D eigenvalue weighted by molar-refractivity contribution is 5.68. The van der Waals surface area contributed by atoms with Crippen LogP contribution in [0.1, 0.15) is 64.2 Å². The second kappa shape index (κ2) is 2.80. The van der Waals surface area contributed by atoms with Crippen LogP contribution in [-0.2, 0) is 0 Å². The molecule has 0 saturated heterocycles. The SMILES string of the molecule is C1C2CC1C1=C3\C4CC(C4)C34CC43C4CC(C4)C34CC43/C(=C\12)C1CC3C1. The lowest BCUT2D eigenvalue weighted by Crippen LogP contribution is -2.31. The Balaban J connectivity index is 1.37. The van der Waals surface area contributed by atoms with E-state index in [9.17, 15) is 0 Å². The molecule has 4 unspecified atom stereocenters. The largest absolute Gasteiger partial charge is 0.0562 e. The Morgan fingerprint density at radius 1 is 0.462 bits per heavy atom. The third kappa shape index (κ3) is 0.697. The first kappa shape index (κ1) is 12.1. The molecule has 14 saturated carbocycles. The van der Waals surface area contributed by atoms with Gasteiger partial charge in [-0.05, 0) is 134 Å². The van der Waals surface area contributed by atoms with Gasteiger partial charge in [0.05, 0.1) is 0 Å². The third-order valence-corrected chi connectivity index (χ3v) is 14.1. The van der Waals surface area contributed by atoms with Gasteiger partial charge in [-0.1, -0.05) is 11.1 Å². The van der Waals surface area contributed by atoms with Crippen molar-refractivity contribution in [3.05, 3.63) is 22.3 Å². The number of hydrogen-bond acceptors (Lipinski definition) is 0. The van der Waals surface area contributed by atoms with E-state index in [1.165, 1.54) is 11.8 Å². The molecule has 8 bridgehead atoms. The van der Waals surface area contributed by atoms with Gasteiger partial charge in [-0.3, -0.25) is 0 Å². The highest BCUT2D eigenvalue weighted by atomic mass is 15.0. The second-order valence-electron chi connectivity index (χ2n) is 13.4. The van der Waals surface area contributed by atoms with Crippen LogP contribution in [0.25, 0.3) is 0 Å². The molecular formula is C26H28. The average Bonchev–Trinajstić information content (AvgIpc) is 2.85.